The molecule has 2 fully saturated rings. The minimum absolute atomic E-state index is 0.0152. The summed E-state index contributed by atoms with van der Waals surface area (Å²) in [6.45, 7) is 5.50. The molecule has 2 aliphatic rings. The van der Waals surface area contributed by atoms with Crippen LogP contribution in [0.3, 0.4) is 0 Å². The third-order valence-electron chi connectivity index (χ3n) is 4.37. The standard InChI is InChI=1S/C16H22N4O2/c1-12(21)13-4-5-15(18-10-13)20-9-6-17-14(11-20)16(22)19-7-2-3-8-19/h4-5,10,14,17H,2-3,6-9,11H2,1H3/t14-/m1/s1. The van der Waals surface area contributed by atoms with Crippen LogP contribution in [-0.4, -0.2) is 60.3 Å². The first kappa shape index (κ1) is 15.0. The maximum Gasteiger partial charge on any atom is 0.241 e. The average Bonchev–Trinajstić information content (AvgIpc) is 3.09. The van der Waals surface area contributed by atoms with Crippen LogP contribution >= 0.6 is 0 Å². The Kier molecular flexibility index (Phi) is 4.38. The van der Waals surface area contributed by atoms with Crippen molar-refractivity contribution in [2.75, 3.05) is 37.6 Å². The van der Waals surface area contributed by atoms with E-state index in [9.17, 15) is 9.59 Å². The van der Waals surface area contributed by atoms with Crippen LogP contribution in [0.1, 0.15) is 30.1 Å². The van der Waals surface area contributed by atoms with Crippen LogP contribution in [0.2, 0.25) is 0 Å². The Balaban J connectivity index is 1.67. The van der Waals surface area contributed by atoms with Gasteiger partial charge in [-0.1, -0.05) is 0 Å². The summed E-state index contributed by atoms with van der Waals surface area (Å²) in [7, 11) is 0. The van der Waals surface area contributed by atoms with E-state index in [4.69, 9.17) is 0 Å². The number of pyridine rings is 1. The van der Waals surface area contributed by atoms with Crippen LogP contribution in [0.4, 0.5) is 5.82 Å². The lowest BCUT2D eigenvalue weighted by Gasteiger charge is -2.35. The van der Waals surface area contributed by atoms with Gasteiger partial charge in [0.05, 0.1) is 0 Å². The number of likely N-dealkylation sites (tertiary alicyclic amines) is 1. The Labute approximate surface area is 130 Å². The van der Waals surface area contributed by atoms with E-state index < -0.39 is 0 Å². The Morgan fingerprint density at radius 1 is 1.23 bits per heavy atom. The lowest BCUT2D eigenvalue weighted by Crippen LogP contribution is -2.57. The van der Waals surface area contributed by atoms with Gasteiger partial charge in [-0.3, -0.25) is 9.59 Å². The number of amides is 1. The largest absolute Gasteiger partial charge is 0.353 e. The number of hydrogen-bond donors (Lipinski definition) is 1. The van der Waals surface area contributed by atoms with Crippen molar-refractivity contribution in [1.29, 1.82) is 0 Å². The predicted octanol–water partition coefficient (Wildman–Crippen LogP) is 0.685. The van der Waals surface area contributed by atoms with E-state index in [2.05, 4.69) is 15.2 Å². The smallest absolute Gasteiger partial charge is 0.241 e. The van der Waals surface area contributed by atoms with E-state index in [1.807, 2.05) is 11.0 Å². The highest BCUT2D eigenvalue weighted by Crippen LogP contribution is 2.16. The minimum Gasteiger partial charge on any atom is -0.353 e. The van der Waals surface area contributed by atoms with E-state index in [1.54, 1.807) is 12.3 Å². The molecule has 1 N–H and O–H groups in total. The molecule has 118 valence electrons. The first-order valence-corrected chi connectivity index (χ1v) is 7.89. The SMILES string of the molecule is CC(=O)c1ccc(N2CCN[C@@H](C(=O)N3CCCC3)C2)nc1. The quantitative estimate of drug-likeness (QED) is 0.832. The fourth-order valence-electron chi connectivity index (χ4n) is 3.06. The number of Topliss-reactive ketones (excluding diaryl/α,β-unsaturated/α-hetero) is 1. The summed E-state index contributed by atoms with van der Waals surface area (Å²) < 4.78 is 0. The van der Waals surface area contributed by atoms with Gasteiger partial charge in [0.2, 0.25) is 5.91 Å². The van der Waals surface area contributed by atoms with Crippen LogP contribution in [-0.2, 0) is 4.79 Å². The second kappa shape index (κ2) is 6.44. The highest BCUT2D eigenvalue weighted by Gasteiger charge is 2.30. The molecule has 3 heterocycles. The van der Waals surface area contributed by atoms with E-state index >= 15 is 0 Å². The number of piperazine rings is 1. The fourth-order valence-corrected chi connectivity index (χ4v) is 3.06. The first-order chi connectivity index (χ1) is 10.6. The molecule has 6 heteroatoms. The van der Waals surface area contributed by atoms with Crippen LogP contribution in [0.5, 0.6) is 0 Å². The average molecular weight is 302 g/mol. The molecule has 0 aliphatic carbocycles. The van der Waals surface area contributed by atoms with Crippen molar-refractivity contribution in [3.8, 4) is 0 Å². The Bertz CT molecular complexity index is 552. The van der Waals surface area contributed by atoms with Crippen molar-refractivity contribution in [2.45, 2.75) is 25.8 Å². The van der Waals surface area contributed by atoms with Crippen LogP contribution < -0.4 is 10.2 Å². The zero-order valence-corrected chi connectivity index (χ0v) is 12.9. The summed E-state index contributed by atoms with van der Waals surface area (Å²) in [6, 6.07) is 3.49. The number of rotatable bonds is 3. The van der Waals surface area contributed by atoms with Gasteiger partial charge >= 0.3 is 0 Å². The zero-order chi connectivity index (χ0) is 15.5. The molecule has 1 amide bonds. The molecule has 1 aromatic heterocycles. The molecule has 0 aromatic carbocycles. The maximum atomic E-state index is 12.5. The molecule has 3 rings (SSSR count). The minimum atomic E-state index is -0.166. The van der Waals surface area contributed by atoms with E-state index in [1.165, 1.54) is 6.92 Å². The van der Waals surface area contributed by atoms with Crippen molar-refractivity contribution in [3.63, 3.8) is 0 Å². The number of ketones is 1. The monoisotopic (exact) mass is 302 g/mol. The first-order valence-electron chi connectivity index (χ1n) is 7.89. The van der Waals surface area contributed by atoms with Gasteiger partial charge in [0.1, 0.15) is 11.9 Å². The van der Waals surface area contributed by atoms with Gasteiger partial charge < -0.3 is 15.1 Å². The second-order valence-electron chi connectivity index (χ2n) is 5.95. The molecular formula is C16H22N4O2. The molecule has 0 unspecified atom stereocenters. The van der Waals surface area contributed by atoms with Gasteiger partial charge in [-0.2, -0.15) is 0 Å². The molecule has 1 aromatic rings. The molecule has 2 saturated heterocycles. The molecule has 22 heavy (non-hydrogen) atoms. The van der Waals surface area contributed by atoms with Gasteiger partial charge in [0.15, 0.2) is 5.78 Å². The summed E-state index contributed by atoms with van der Waals surface area (Å²) in [6.07, 6.45) is 3.82. The van der Waals surface area contributed by atoms with Crippen molar-refractivity contribution in [1.82, 2.24) is 15.2 Å². The third-order valence-corrected chi connectivity index (χ3v) is 4.37. The summed E-state index contributed by atoms with van der Waals surface area (Å²) in [5.41, 5.74) is 0.614. The molecular weight excluding hydrogens is 280 g/mol. The molecule has 0 saturated carbocycles. The van der Waals surface area contributed by atoms with E-state index in [0.717, 1.165) is 44.8 Å². The van der Waals surface area contributed by atoms with Crippen molar-refractivity contribution < 1.29 is 9.59 Å². The summed E-state index contributed by atoms with van der Waals surface area (Å²) in [5, 5.41) is 3.31. The zero-order valence-electron chi connectivity index (χ0n) is 12.9. The number of aromatic nitrogens is 1. The van der Waals surface area contributed by atoms with Gasteiger partial charge in [0, 0.05) is 44.5 Å². The number of carbonyl (C=O) groups is 2. The summed E-state index contributed by atoms with van der Waals surface area (Å²) >= 11 is 0. The highest BCUT2D eigenvalue weighted by atomic mass is 16.2. The van der Waals surface area contributed by atoms with E-state index in [-0.39, 0.29) is 17.7 Å². The molecule has 2 aliphatic heterocycles. The molecule has 1 atom stereocenters. The Hall–Kier alpha value is -1.95. The number of hydrogen-bond acceptors (Lipinski definition) is 5. The number of nitrogens with one attached hydrogen (secondary N) is 1. The lowest BCUT2D eigenvalue weighted by atomic mass is 10.1. The van der Waals surface area contributed by atoms with Gasteiger partial charge in [-0.25, -0.2) is 4.98 Å². The van der Waals surface area contributed by atoms with Gasteiger partial charge in [0.25, 0.3) is 0 Å². The van der Waals surface area contributed by atoms with Crippen molar-refractivity contribution in [3.05, 3.63) is 23.9 Å². The van der Waals surface area contributed by atoms with Crippen LogP contribution in [0, 0.1) is 0 Å². The van der Waals surface area contributed by atoms with Crippen molar-refractivity contribution >= 4 is 17.5 Å². The third kappa shape index (κ3) is 3.11. The molecule has 0 radical (unpaired) electrons. The number of carbonyl (C=O) groups excluding carboxylic acids is 2. The second-order valence-corrected chi connectivity index (χ2v) is 5.95. The predicted molar refractivity (Wildman–Crippen MR) is 84.1 cm³/mol. The van der Waals surface area contributed by atoms with Gasteiger partial charge in [-0.05, 0) is 31.9 Å². The van der Waals surface area contributed by atoms with Crippen LogP contribution in [0.15, 0.2) is 18.3 Å². The van der Waals surface area contributed by atoms with Crippen LogP contribution in [0.25, 0.3) is 0 Å². The van der Waals surface area contributed by atoms with Gasteiger partial charge in [-0.15, -0.1) is 0 Å². The Morgan fingerprint density at radius 2 is 2.00 bits per heavy atom. The fraction of sp³-hybridized carbons (Fsp3) is 0.562. The normalized spacial score (nSPS) is 22.0. The number of anilines is 1. The van der Waals surface area contributed by atoms with E-state index in [0.29, 0.717) is 12.1 Å². The maximum absolute atomic E-state index is 12.5. The molecule has 0 bridgehead atoms. The summed E-state index contributed by atoms with van der Waals surface area (Å²) in [4.78, 5) is 32.2. The Morgan fingerprint density at radius 3 is 2.64 bits per heavy atom. The topological polar surface area (TPSA) is 65.5 Å². The highest BCUT2D eigenvalue weighted by molar-refractivity contribution is 5.93. The molecule has 0 spiro atoms. The number of nitrogens with zero attached hydrogens (tertiary/aromatic N) is 3. The molecule has 6 nitrogen and oxygen atoms in total. The summed E-state index contributed by atoms with van der Waals surface area (Å²) in [5.74, 6) is 1.04. The lowest BCUT2D eigenvalue weighted by molar-refractivity contribution is -0.132. The van der Waals surface area contributed by atoms with Crippen molar-refractivity contribution in [2.24, 2.45) is 0 Å².